The average Bonchev–Trinajstić information content (AvgIpc) is 2.88. The Kier molecular flexibility index (Phi) is 5.27. The molecule has 3 heteroatoms. The largest absolute Gasteiger partial charge is 0.343 e. The molecule has 2 aromatic carbocycles. The number of rotatable bonds is 2. The van der Waals surface area contributed by atoms with Crippen LogP contribution in [0.5, 0.6) is 0 Å². The summed E-state index contributed by atoms with van der Waals surface area (Å²) in [5.41, 5.74) is 6.78. The smallest absolute Gasteiger partial charge is 0.108 e. The van der Waals surface area contributed by atoms with Crippen molar-refractivity contribution in [3.8, 4) is 0 Å². The molecule has 1 aliphatic heterocycles. The van der Waals surface area contributed by atoms with Gasteiger partial charge in [-0.2, -0.15) is 0 Å². The molecule has 2 nitrogen and oxygen atoms in total. The number of nitrogens with one attached hydrogen (secondary N) is 1. The number of aryl methyl sites for hydroxylation is 2. The van der Waals surface area contributed by atoms with Crippen molar-refractivity contribution >= 4 is 23.1 Å². The average molecular weight is 381 g/mol. The van der Waals surface area contributed by atoms with Gasteiger partial charge in [0.15, 0.2) is 0 Å². The maximum atomic E-state index is 6.17. The van der Waals surface area contributed by atoms with E-state index >= 15 is 0 Å². The van der Waals surface area contributed by atoms with E-state index in [9.17, 15) is 0 Å². The molecule has 1 saturated carbocycles. The molecule has 1 fully saturated rings. The first-order valence-electron chi connectivity index (χ1n) is 10.2. The Morgan fingerprint density at radius 3 is 2.48 bits per heavy atom. The summed E-state index contributed by atoms with van der Waals surface area (Å²) in [6, 6.07) is 12.7. The SMILES string of the molecule is Cc1cc2c(cc1C)NC(=NCc1cccc(Cl)c1)C1(CCCCCC1)C2. The van der Waals surface area contributed by atoms with Crippen LogP contribution in [0, 0.1) is 19.3 Å². The molecule has 0 amide bonds. The first kappa shape index (κ1) is 18.6. The number of hydrogen-bond donors (Lipinski definition) is 1. The highest BCUT2D eigenvalue weighted by Gasteiger charge is 2.40. The molecule has 0 saturated heterocycles. The van der Waals surface area contributed by atoms with Gasteiger partial charge in [0.2, 0.25) is 0 Å². The van der Waals surface area contributed by atoms with Crippen LogP contribution < -0.4 is 5.32 Å². The fraction of sp³-hybridized carbons (Fsp3) is 0.458. The van der Waals surface area contributed by atoms with Crippen LogP contribution in [-0.4, -0.2) is 5.84 Å². The van der Waals surface area contributed by atoms with Gasteiger partial charge < -0.3 is 5.32 Å². The van der Waals surface area contributed by atoms with Crippen LogP contribution in [0.1, 0.15) is 60.8 Å². The lowest BCUT2D eigenvalue weighted by Gasteiger charge is -2.40. The Bertz CT molecular complexity index is 861. The summed E-state index contributed by atoms with van der Waals surface area (Å²) >= 11 is 6.17. The number of fused-ring (bicyclic) bond motifs is 1. The Morgan fingerprint density at radius 2 is 1.74 bits per heavy atom. The van der Waals surface area contributed by atoms with Gasteiger partial charge in [-0.15, -0.1) is 0 Å². The number of hydrogen-bond acceptors (Lipinski definition) is 1. The van der Waals surface area contributed by atoms with Gasteiger partial charge in [0.05, 0.1) is 6.54 Å². The van der Waals surface area contributed by atoms with Gasteiger partial charge in [0.1, 0.15) is 5.84 Å². The lowest BCUT2D eigenvalue weighted by molar-refractivity contribution is 0.354. The zero-order valence-corrected chi connectivity index (χ0v) is 17.2. The molecule has 0 aromatic heterocycles. The van der Waals surface area contributed by atoms with Gasteiger partial charge in [-0.1, -0.05) is 55.5 Å². The van der Waals surface area contributed by atoms with Gasteiger partial charge in [0.25, 0.3) is 0 Å². The lowest BCUT2D eigenvalue weighted by atomic mass is 9.71. The molecular formula is C24H29ClN2. The number of halogens is 1. The summed E-state index contributed by atoms with van der Waals surface area (Å²) in [6.45, 7) is 5.10. The first-order chi connectivity index (χ1) is 13.1. The van der Waals surface area contributed by atoms with Crippen molar-refractivity contribution < 1.29 is 0 Å². The topological polar surface area (TPSA) is 24.4 Å². The summed E-state index contributed by atoms with van der Waals surface area (Å²) < 4.78 is 0. The van der Waals surface area contributed by atoms with Crippen molar-refractivity contribution in [2.45, 2.75) is 65.3 Å². The monoisotopic (exact) mass is 380 g/mol. The lowest BCUT2D eigenvalue weighted by Crippen LogP contribution is -2.42. The van der Waals surface area contributed by atoms with E-state index in [-0.39, 0.29) is 5.41 Å². The normalized spacial score (nSPS) is 20.2. The van der Waals surface area contributed by atoms with Crippen LogP contribution >= 0.6 is 11.6 Å². The molecule has 1 heterocycles. The molecule has 0 unspecified atom stereocenters. The minimum absolute atomic E-state index is 0.170. The van der Waals surface area contributed by atoms with E-state index in [0.29, 0.717) is 6.54 Å². The fourth-order valence-electron chi connectivity index (χ4n) is 4.68. The molecule has 1 spiro atoms. The highest BCUT2D eigenvalue weighted by molar-refractivity contribution is 6.30. The quantitative estimate of drug-likeness (QED) is 0.604. The van der Waals surface area contributed by atoms with E-state index in [2.05, 4.69) is 37.4 Å². The summed E-state index contributed by atoms with van der Waals surface area (Å²) in [6.07, 6.45) is 8.90. The first-order valence-corrected chi connectivity index (χ1v) is 10.6. The van der Waals surface area contributed by atoms with Crippen LogP contribution in [-0.2, 0) is 13.0 Å². The Balaban J connectivity index is 1.71. The Morgan fingerprint density at radius 1 is 1.00 bits per heavy atom. The molecule has 1 N–H and O–H groups in total. The van der Waals surface area contributed by atoms with Crippen LogP contribution in [0.4, 0.5) is 5.69 Å². The van der Waals surface area contributed by atoms with Crippen molar-refractivity contribution in [3.63, 3.8) is 0 Å². The predicted molar refractivity (Wildman–Crippen MR) is 116 cm³/mol. The van der Waals surface area contributed by atoms with Crippen molar-refractivity contribution in [2.24, 2.45) is 10.4 Å². The Labute approximate surface area is 168 Å². The minimum atomic E-state index is 0.170. The maximum Gasteiger partial charge on any atom is 0.108 e. The Hall–Kier alpha value is -1.80. The summed E-state index contributed by atoms with van der Waals surface area (Å²) in [4.78, 5) is 5.11. The number of amidine groups is 1. The van der Waals surface area contributed by atoms with E-state index in [1.165, 1.54) is 72.3 Å². The van der Waals surface area contributed by atoms with Crippen molar-refractivity contribution in [2.75, 3.05) is 5.32 Å². The molecule has 0 atom stereocenters. The second kappa shape index (κ2) is 7.67. The van der Waals surface area contributed by atoms with Gasteiger partial charge in [0, 0.05) is 16.1 Å². The molecule has 0 radical (unpaired) electrons. The fourth-order valence-corrected chi connectivity index (χ4v) is 4.89. The zero-order valence-electron chi connectivity index (χ0n) is 16.4. The third-order valence-corrected chi connectivity index (χ3v) is 6.61. The molecule has 1 aliphatic carbocycles. The second-order valence-electron chi connectivity index (χ2n) is 8.38. The van der Waals surface area contributed by atoms with Gasteiger partial charge >= 0.3 is 0 Å². The molecule has 142 valence electrons. The van der Waals surface area contributed by atoms with Crippen LogP contribution in [0.25, 0.3) is 0 Å². The van der Waals surface area contributed by atoms with E-state index in [1.54, 1.807) is 0 Å². The van der Waals surface area contributed by atoms with Crippen LogP contribution in [0.15, 0.2) is 41.4 Å². The summed E-state index contributed by atoms with van der Waals surface area (Å²) in [5.74, 6) is 1.19. The summed E-state index contributed by atoms with van der Waals surface area (Å²) in [5, 5.41) is 4.54. The van der Waals surface area contributed by atoms with E-state index < -0.39 is 0 Å². The van der Waals surface area contributed by atoms with Crippen LogP contribution in [0.2, 0.25) is 5.02 Å². The highest BCUT2D eigenvalue weighted by atomic mass is 35.5. The molecular weight excluding hydrogens is 352 g/mol. The molecule has 27 heavy (non-hydrogen) atoms. The van der Waals surface area contributed by atoms with Gasteiger partial charge in [-0.05, 0) is 73.6 Å². The van der Waals surface area contributed by atoms with Crippen molar-refractivity contribution in [1.82, 2.24) is 0 Å². The zero-order chi connectivity index (χ0) is 18.9. The molecule has 0 bridgehead atoms. The number of benzene rings is 2. The number of aliphatic imine (C=N–C) groups is 1. The standard InChI is InChI=1S/C24H29ClN2/c1-17-12-20-15-24(10-5-3-4-6-11-24)23(27-22(20)13-18(17)2)26-16-19-8-7-9-21(25)14-19/h7-9,12-14H,3-6,10-11,15-16H2,1-2H3,(H,26,27). The van der Waals surface area contributed by atoms with E-state index in [4.69, 9.17) is 16.6 Å². The van der Waals surface area contributed by atoms with E-state index in [0.717, 1.165) is 11.4 Å². The van der Waals surface area contributed by atoms with Gasteiger partial charge in [-0.25, -0.2) is 0 Å². The maximum absolute atomic E-state index is 6.17. The third-order valence-electron chi connectivity index (χ3n) is 6.37. The number of nitrogens with zero attached hydrogens (tertiary/aromatic N) is 1. The highest BCUT2D eigenvalue weighted by Crippen LogP contribution is 2.44. The molecule has 2 aliphatic rings. The summed E-state index contributed by atoms with van der Waals surface area (Å²) in [7, 11) is 0. The van der Waals surface area contributed by atoms with Crippen molar-refractivity contribution in [1.29, 1.82) is 0 Å². The van der Waals surface area contributed by atoms with Crippen molar-refractivity contribution in [3.05, 3.63) is 63.7 Å². The molecule has 4 rings (SSSR count). The second-order valence-corrected chi connectivity index (χ2v) is 8.82. The number of anilines is 1. The molecule has 2 aromatic rings. The van der Waals surface area contributed by atoms with E-state index in [1.807, 2.05) is 18.2 Å². The van der Waals surface area contributed by atoms with Gasteiger partial charge in [-0.3, -0.25) is 4.99 Å². The predicted octanol–water partition coefficient (Wildman–Crippen LogP) is 6.86. The van der Waals surface area contributed by atoms with Crippen LogP contribution in [0.3, 0.4) is 0 Å². The minimum Gasteiger partial charge on any atom is -0.343 e. The third kappa shape index (κ3) is 3.91.